The van der Waals surface area contributed by atoms with Crippen molar-refractivity contribution in [3.63, 3.8) is 0 Å². The fourth-order valence-electron chi connectivity index (χ4n) is 3.11. The molecule has 0 spiro atoms. The molecule has 29 heavy (non-hydrogen) atoms. The zero-order valence-electron chi connectivity index (χ0n) is 17.6. The van der Waals surface area contributed by atoms with E-state index in [0.717, 1.165) is 22.7 Å². The highest BCUT2D eigenvalue weighted by molar-refractivity contribution is 5.79. The first-order chi connectivity index (χ1) is 13.6. The predicted molar refractivity (Wildman–Crippen MR) is 112 cm³/mol. The number of aryl methyl sites for hydroxylation is 2. The van der Waals surface area contributed by atoms with Crippen LogP contribution in [0.5, 0.6) is 5.75 Å². The molecular formula is C21H28N6O2. The monoisotopic (exact) mass is 396 g/mol. The smallest absolute Gasteiger partial charge is 0.254 e. The number of aromatic nitrogens is 4. The Morgan fingerprint density at radius 2 is 1.86 bits per heavy atom. The normalized spacial score (nSPS) is 11.6. The third-order valence-corrected chi connectivity index (χ3v) is 4.82. The molecule has 0 aliphatic carbocycles. The van der Waals surface area contributed by atoms with Crippen LogP contribution in [-0.4, -0.2) is 38.6 Å². The fraction of sp³-hybridized carbons (Fsp3) is 0.429. The topological polar surface area (TPSA) is 107 Å². The maximum atomic E-state index is 12.4. The average Bonchev–Trinajstić information content (AvgIpc) is 3.02. The highest BCUT2D eigenvalue weighted by atomic mass is 16.5. The van der Waals surface area contributed by atoms with Gasteiger partial charge in [0.15, 0.2) is 0 Å². The number of nitrogens with two attached hydrogens (primary N) is 1. The molecule has 1 aromatic carbocycles. The number of amides is 1. The first-order valence-corrected chi connectivity index (χ1v) is 9.63. The van der Waals surface area contributed by atoms with Crippen molar-refractivity contribution < 1.29 is 9.53 Å². The van der Waals surface area contributed by atoms with Gasteiger partial charge in [-0.3, -0.25) is 4.79 Å². The van der Waals surface area contributed by atoms with E-state index in [0.29, 0.717) is 18.9 Å². The first-order valence-electron chi connectivity index (χ1n) is 9.63. The number of nitrogens with one attached hydrogen (secondary N) is 1. The molecule has 0 atom stereocenters. The zero-order chi connectivity index (χ0) is 21.2. The van der Waals surface area contributed by atoms with E-state index in [1.54, 1.807) is 4.52 Å². The molecule has 2 aromatic heterocycles. The third kappa shape index (κ3) is 4.82. The quantitative estimate of drug-likeness (QED) is 0.620. The van der Waals surface area contributed by atoms with Gasteiger partial charge in [-0.2, -0.15) is 9.50 Å². The molecule has 8 nitrogen and oxygen atoms in total. The minimum atomic E-state index is -0.0999. The number of nitrogen functional groups attached to an aromatic ring is 1. The summed E-state index contributed by atoms with van der Waals surface area (Å²) < 4.78 is 7.28. The van der Waals surface area contributed by atoms with Crippen molar-refractivity contribution in [3.8, 4) is 5.75 Å². The van der Waals surface area contributed by atoms with E-state index < -0.39 is 0 Å². The molecule has 0 fully saturated rings. The molecule has 154 valence electrons. The summed E-state index contributed by atoms with van der Waals surface area (Å²) in [6.45, 7) is 11.1. The summed E-state index contributed by atoms with van der Waals surface area (Å²) in [6.07, 6.45) is 0.209. The van der Waals surface area contributed by atoms with Crippen LogP contribution in [0.3, 0.4) is 0 Å². The zero-order valence-corrected chi connectivity index (χ0v) is 17.6. The lowest BCUT2D eigenvalue weighted by molar-refractivity contribution is -0.120. The minimum Gasteiger partial charge on any atom is -0.492 e. The molecule has 0 aliphatic rings. The van der Waals surface area contributed by atoms with Crippen LogP contribution in [0.4, 0.5) is 5.95 Å². The molecule has 8 heteroatoms. The van der Waals surface area contributed by atoms with Crippen molar-refractivity contribution in [1.29, 1.82) is 0 Å². The van der Waals surface area contributed by atoms with Crippen LogP contribution >= 0.6 is 0 Å². The van der Waals surface area contributed by atoms with Crippen molar-refractivity contribution in [3.05, 3.63) is 46.8 Å². The molecule has 1 amide bonds. The Bertz CT molecular complexity index is 1020. The van der Waals surface area contributed by atoms with Gasteiger partial charge < -0.3 is 15.8 Å². The summed E-state index contributed by atoms with van der Waals surface area (Å²) in [7, 11) is 0. The Morgan fingerprint density at radius 1 is 1.17 bits per heavy atom. The number of anilines is 1. The number of ether oxygens (including phenoxy) is 1. The molecule has 0 unspecified atom stereocenters. The molecule has 0 saturated heterocycles. The van der Waals surface area contributed by atoms with E-state index in [2.05, 4.69) is 53.3 Å². The van der Waals surface area contributed by atoms with Crippen molar-refractivity contribution >= 4 is 17.6 Å². The van der Waals surface area contributed by atoms with E-state index in [1.807, 2.05) is 26.0 Å². The van der Waals surface area contributed by atoms with Crippen molar-refractivity contribution in [2.75, 3.05) is 18.9 Å². The molecule has 3 rings (SSSR count). The number of benzene rings is 1. The van der Waals surface area contributed by atoms with E-state index in [-0.39, 0.29) is 23.7 Å². The Labute approximate surface area is 170 Å². The van der Waals surface area contributed by atoms with Crippen LogP contribution in [0.2, 0.25) is 0 Å². The van der Waals surface area contributed by atoms with Crippen LogP contribution in [0.1, 0.15) is 43.3 Å². The van der Waals surface area contributed by atoms with Gasteiger partial charge in [-0.05, 0) is 37.0 Å². The van der Waals surface area contributed by atoms with Crippen LogP contribution in [0.15, 0.2) is 24.3 Å². The van der Waals surface area contributed by atoms with Crippen LogP contribution in [0.25, 0.3) is 5.78 Å². The Balaban J connectivity index is 1.52. The number of carbonyl (C=O) groups is 1. The highest BCUT2D eigenvalue weighted by Gasteiger charge is 2.15. The van der Waals surface area contributed by atoms with Gasteiger partial charge in [0.05, 0.1) is 13.0 Å². The summed E-state index contributed by atoms with van der Waals surface area (Å²) in [6, 6.07) is 8.05. The molecule has 0 bridgehead atoms. The molecule has 2 heterocycles. The van der Waals surface area contributed by atoms with Crippen molar-refractivity contribution in [2.24, 2.45) is 0 Å². The molecule has 0 aliphatic heterocycles. The summed E-state index contributed by atoms with van der Waals surface area (Å²) in [4.78, 5) is 20.8. The second-order valence-corrected chi connectivity index (χ2v) is 8.09. The van der Waals surface area contributed by atoms with Gasteiger partial charge in [-0.15, -0.1) is 5.10 Å². The lowest BCUT2D eigenvalue weighted by atomic mass is 9.87. The van der Waals surface area contributed by atoms with Gasteiger partial charge in [0.25, 0.3) is 5.78 Å². The largest absolute Gasteiger partial charge is 0.492 e. The van der Waals surface area contributed by atoms with Gasteiger partial charge in [0.2, 0.25) is 11.9 Å². The number of hydrogen-bond donors (Lipinski definition) is 2. The second kappa shape index (κ2) is 8.06. The second-order valence-electron chi connectivity index (χ2n) is 8.09. The molecule has 3 N–H and O–H groups in total. The number of carbonyl (C=O) groups excluding carboxylic acids is 1. The lowest BCUT2D eigenvalue weighted by Crippen LogP contribution is -2.30. The Hall–Kier alpha value is -3.16. The average molecular weight is 396 g/mol. The van der Waals surface area contributed by atoms with Crippen LogP contribution in [-0.2, 0) is 16.6 Å². The van der Waals surface area contributed by atoms with Crippen molar-refractivity contribution in [1.82, 2.24) is 24.9 Å². The van der Waals surface area contributed by atoms with Gasteiger partial charge in [0.1, 0.15) is 12.4 Å². The van der Waals surface area contributed by atoms with Gasteiger partial charge >= 0.3 is 0 Å². The molecule has 0 saturated carbocycles. The molecule has 3 aromatic rings. The van der Waals surface area contributed by atoms with Gasteiger partial charge in [-0.25, -0.2) is 4.98 Å². The number of rotatable bonds is 6. The summed E-state index contributed by atoms with van der Waals surface area (Å²) in [5.41, 5.74) is 9.37. The predicted octanol–water partition coefficient (Wildman–Crippen LogP) is 2.36. The van der Waals surface area contributed by atoms with E-state index in [4.69, 9.17) is 10.5 Å². The van der Waals surface area contributed by atoms with Gasteiger partial charge in [-0.1, -0.05) is 32.9 Å². The fourth-order valence-corrected chi connectivity index (χ4v) is 3.11. The van der Waals surface area contributed by atoms with E-state index >= 15 is 0 Å². The molecular weight excluding hydrogens is 368 g/mol. The summed E-state index contributed by atoms with van der Waals surface area (Å²) in [5, 5.41) is 7.00. The van der Waals surface area contributed by atoms with Gasteiger partial charge in [0, 0.05) is 17.0 Å². The number of nitrogens with zero attached hydrogens (tertiary/aromatic N) is 4. The minimum absolute atomic E-state index is 0.0999. The third-order valence-electron chi connectivity index (χ3n) is 4.82. The van der Waals surface area contributed by atoms with Crippen LogP contribution < -0.4 is 15.8 Å². The Kier molecular flexibility index (Phi) is 5.72. The first kappa shape index (κ1) is 20.6. The van der Waals surface area contributed by atoms with E-state index in [9.17, 15) is 4.79 Å². The van der Waals surface area contributed by atoms with E-state index in [1.165, 1.54) is 5.56 Å². The maximum absolute atomic E-state index is 12.4. The maximum Gasteiger partial charge on any atom is 0.254 e. The SMILES string of the molecule is Cc1nc2nc(N)nn2c(C)c1CC(=O)NCCOc1ccc(C(C)(C)C)cc1. The Morgan fingerprint density at radius 3 is 2.52 bits per heavy atom. The number of hydrogen-bond acceptors (Lipinski definition) is 6. The summed E-state index contributed by atoms with van der Waals surface area (Å²) >= 11 is 0. The highest BCUT2D eigenvalue weighted by Crippen LogP contribution is 2.24. The standard InChI is InChI=1S/C21H28N6O2/c1-13-17(14(2)27-20(24-13)25-19(22)26-27)12-18(28)23-10-11-29-16-8-6-15(7-9-16)21(3,4)5/h6-9H,10-12H2,1-5H3,(H2,22,26)(H,23,28). The lowest BCUT2D eigenvalue weighted by Gasteiger charge is -2.19. The number of fused-ring (bicyclic) bond motifs is 1. The summed E-state index contributed by atoms with van der Waals surface area (Å²) in [5.74, 6) is 1.29. The molecule has 0 radical (unpaired) electrons. The van der Waals surface area contributed by atoms with Crippen LogP contribution in [0, 0.1) is 13.8 Å². The van der Waals surface area contributed by atoms with Crippen molar-refractivity contribution in [2.45, 2.75) is 46.5 Å².